The highest BCUT2D eigenvalue weighted by atomic mass is 16.5. The third-order valence-electron chi connectivity index (χ3n) is 3.41. The summed E-state index contributed by atoms with van der Waals surface area (Å²) in [5.74, 6) is -1.11. The van der Waals surface area contributed by atoms with Gasteiger partial charge in [0.2, 0.25) is 5.88 Å². The third-order valence-corrected chi connectivity index (χ3v) is 3.41. The van der Waals surface area contributed by atoms with E-state index < -0.39 is 17.9 Å². The molecule has 0 fully saturated rings. The zero-order valence-corrected chi connectivity index (χ0v) is 12.9. The summed E-state index contributed by atoms with van der Waals surface area (Å²) in [5.41, 5.74) is 1.86. The van der Waals surface area contributed by atoms with Crippen LogP contribution in [0.2, 0.25) is 0 Å². The molecule has 120 valence electrons. The molecule has 0 aliphatic heterocycles. The van der Waals surface area contributed by atoms with Crippen LogP contribution in [0.4, 0.5) is 0 Å². The molecule has 0 saturated carbocycles. The zero-order chi connectivity index (χ0) is 16.8. The number of pyridine rings is 1. The molecule has 6 nitrogen and oxygen atoms in total. The van der Waals surface area contributed by atoms with Crippen molar-refractivity contribution >= 4 is 11.9 Å². The SMILES string of the molecule is COc1cccc(C(=O)N[C@@H](CC(=O)O)c2ccccc2C)n1. The van der Waals surface area contributed by atoms with E-state index in [-0.39, 0.29) is 12.1 Å². The van der Waals surface area contributed by atoms with Crippen molar-refractivity contribution in [2.45, 2.75) is 19.4 Å². The fraction of sp³-hybridized carbons (Fsp3) is 0.235. The van der Waals surface area contributed by atoms with Gasteiger partial charge in [0.25, 0.3) is 5.91 Å². The van der Waals surface area contributed by atoms with E-state index in [1.165, 1.54) is 7.11 Å². The molecule has 0 radical (unpaired) electrons. The summed E-state index contributed by atoms with van der Waals surface area (Å²) >= 11 is 0. The van der Waals surface area contributed by atoms with E-state index in [9.17, 15) is 9.59 Å². The lowest BCUT2D eigenvalue weighted by molar-refractivity contribution is -0.137. The van der Waals surface area contributed by atoms with Crippen molar-refractivity contribution in [3.63, 3.8) is 0 Å². The summed E-state index contributed by atoms with van der Waals surface area (Å²) in [5, 5.41) is 11.9. The van der Waals surface area contributed by atoms with E-state index in [4.69, 9.17) is 9.84 Å². The lowest BCUT2D eigenvalue weighted by atomic mass is 9.98. The summed E-state index contributed by atoms with van der Waals surface area (Å²) in [6, 6.07) is 11.6. The number of hydrogen-bond acceptors (Lipinski definition) is 4. The van der Waals surface area contributed by atoms with E-state index in [0.29, 0.717) is 5.88 Å². The van der Waals surface area contributed by atoms with E-state index >= 15 is 0 Å². The van der Waals surface area contributed by atoms with Gasteiger partial charge in [-0.2, -0.15) is 0 Å². The molecule has 1 aromatic carbocycles. The van der Waals surface area contributed by atoms with Gasteiger partial charge in [0.1, 0.15) is 5.69 Å². The molecule has 1 aromatic heterocycles. The van der Waals surface area contributed by atoms with Gasteiger partial charge in [0, 0.05) is 6.07 Å². The summed E-state index contributed by atoms with van der Waals surface area (Å²) in [6.45, 7) is 1.88. The second-order valence-electron chi connectivity index (χ2n) is 5.05. The first-order chi connectivity index (χ1) is 11.0. The second-order valence-corrected chi connectivity index (χ2v) is 5.05. The number of ether oxygens (including phenoxy) is 1. The van der Waals surface area contributed by atoms with Crippen molar-refractivity contribution in [3.05, 3.63) is 59.3 Å². The average Bonchev–Trinajstić information content (AvgIpc) is 2.54. The minimum atomic E-state index is -0.989. The number of carbonyl (C=O) groups excluding carboxylic acids is 1. The molecule has 1 heterocycles. The molecule has 2 aromatic rings. The molecule has 1 atom stereocenters. The van der Waals surface area contributed by atoms with Gasteiger partial charge in [0.05, 0.1) is 19.6 Å². The monoisotopic (exact) mass is 314 g/mol. The first-order valence-corrected chi connectivity index (χ1v) is 7.10. The van der Waals surface area contributed by atoms with E-state index in [1.807, 2.05) is 31.2 Å². The lowest BCUT2D eigenvalue weighted by Gasteiger charge is -2.19. The topological polar surface area (TPSA) is 88.5 Å². The van der Waals surface area contributed by atoms with Crippen LogP contribution >= 0.6 is 0 Å². The number of carboxylic acids is 1. The maximum Gasteiger partial charge on any atom is 0.305 e. The van der Waals surface area contributed by atoms with Crippen molar-refractivity contribution < 1.29 is 19.4 Å². The van der Waals surface area contributed by atoms with E-state index in [0.717, 1.165) is 11.1 Å². The Hall–Kier alpha value is -2.89. The number of nitrogens with one attached hydrogen (secondary N) is 1. The molecular weight excluding hydrogens is 296 g/mol. The van der Waals surface area contributed by atoms with Crippen molar-refractivity contribution in [2.24, 2.45) is 0 Å². The summed E-state index contributed by atoms with van der Waals surface area (Å²) in [7, 11) is 1.46. The van der Waals surface area contributed by atoms with Crippen molar-refractivity contribution in [2.75, 3.05) is 7.11 Å². The van der Waals surface area contributed by atoms with E-state index in [1.54, 1.807) is 18.2 Å². The molecule has 0 aliphatic carbocycles. The van der Waals surface area contributed by atoms with Gasteiger partial charge >= 0.3 is 5.97 Å². The van der Waals surface area contributed by atoms with Gasteiger partial charge in [-0.1, -0.05) is 30.3 Å². The van der Waals surface area contributed by atoms with Crippen LogP contribution in [-0.2, 0) is 4.79 Å². The number of hydrogen-bond donors (Lipinski definition) is 2. The number of aromatic nitrogens is 1. The molecule has 2 N–H and O–H groups in total. The van der Waals surface area contributed by atoms with Gasteiger partial charge in [-0.3, -0.25) is 9.59 Å². The molecule has 0 saturated heterocycles. The normalized spacial score (nSPS) is 11.6. The van der Waals surface area contributed by atoms with Crippen LogP contribution in [0.15, 0.2) is 42.5 Å². The predicted octanol–water partition coefficient (Wildman–Crippen LogP) is 2.34. The first-order valence-electron chi connectivity index (χ1n) is 7.10. The van der Waals surface area contributed by atoms with Crippen LogP contribution in [0.1, 0.15) is 34.1 Å². The number of benzene rings is 1. The zero-order valence-electron chi connectivity index (χ0n) is 12.9. The minimum absolute atomic E-state index is 0.174. The molecule has 6 heteroatoms. The van der Waals surface area contributed by atoms with Gasteiger partial charge in [-0.25, -0.2) is 4.98 Å². The smallest absolute Gasteiger partial charge is 0.305 e. The summed E-state index contributed by atoms with van der Waals surface area (Å²) in [4.78, 5) is 27.6. The van der Waals surface area contributed by atoms with Crippen LogP contribution < -0.4 is 10.1 Å². The molecule has 2 rings (SSSR count). The Morgan fingerprint density at radius 3 is 2.61 bits per heavy atom. The lowest BCUT2D eigenvalue weighted by Crippen LogP contribution is -2.31. The standard InChI is InChI=1S/C17H18N2O4/c1-11-6-3-4-7-12(11)14(10-16(20)21)19-17(22)13-8-5-9-15(18-13)23-2/h3-9,14H,10H2,1-2H3,(H,19,22)(H,20,21)/t14-/m0/s1. The number of amides is 1. The number of aryl methyl sites for hydroxylation is 1. The van der Waals surface area contributed by atoms with E-state index in [2.05, 4.69) is 10.3 Å². The Bertz CT molecular complexity index is 715. The Balaban J connectivity index is 2.25. The molecule has 23 heavy (non-hydrogen) atoms. The largest absolute Gasteiger partial charge is 0.481 e. The highest BCUT2D eigenvalue weighted by Gasteiger charge is 2.21. The Labute approximate surface area is 134 Å². The Morgan fingerprint density at radius 2 is 1.96 bits per heavy atom. The van der Waals surface area contributed by atoms with Crippen molar-refractivity contribution in [1.29, 1.82) is 0 Å². The number of methoxy groups -OCH3 is 1. The number of carbonyl (C=O) groups is 2. The van der Waals surface area contributed by atoms with Crippen molar-refractivity contribution in [3.8, 4) is 5.88 Å². The van der Waals surface area contributed by atoms with Crippen LogP contribution in [0, 0.1) is 6.92 Å². The van der Waals surface area contributed by atoms with Gasteiger partial charge in [-0.05, 0) is 24.1 Å². The van der Waals surface area contributed by atoms with Gasteiger partial charge < -0.3 is 15.2 Å². The molecule has 1 amide bonds. The number of carboxylic acid groups (broad SMARTS) is 1. The highest BCUT2D eigenvalue weighted by Crippen LogP contribution is 2.21. The Kier molecular flexibility index (Phi) is 5.30. The van der Waals surface area contributed by atoms with Crippen LogP contribution in [-0.4, -0.2) is 29.1 Å². The summed E-state index contributed by atoms with van der Waals surface area (Å²) < 4.78 is 4.99. The second kappa shape index (κ2) is 7.40. The number of rotatable bonds is 6. The fourth-order valence-corrected chi connectivity index (χ4v) is 2.28. The fourth-order valence-electron chi connectivity index (χ4n) is 2.28. The first kappa shape index (κ1) is 16.5. The molecule has 0 bridgehead atoms. The summed E-state index contributed by atoms with van der Waals surface area (Å²) in [6.07, 6.45) is -0.208. The maximum absolute atomic E-state index is 12.4. The van der Waals surface area contributed by atoms with Gasteiger partial charge in [0.15, 0.2) is 0 Å². The van der Waals surface area contributed by atoms with Crippen molar-refractivity contribution in [1.82, 2.24) is 10.3 Å². The minimum Gasteiger partial charge on any atom is -0.481 e. The number of nitrogens with zero attached hydrogens (tertiary/aromatic N) is 1. The van der Waals surface area contributed by atoms with Gasteiger partial charge in [-0.15, -0.1) is 0 Å². The van der Waals surface area contributed by atoms with Crippen LogP contribution in [0.3, 0.4) is 0 Å². The average molecular weight is 314 g/mol. The molecular formula is C17H18N2O4. The Morgan fingerprint density at radius 1 is 1.22 bits per heavy atom. The molecule has 0 aliphatic rings. The van der Waals surface area contributed by atoms with Crippen LogP contribution in [0.5, 0.6) is 5.88 Å². The molecule has 0 unspecified atom stereocenters. The maximum atomic E-state index is 12.4. The third kappa shape index (κ3) is 4.29. The predicted molar refractivity (Wildman–Crippen MR) is 84.4 cm³/mol. The quantitative estimate of drug-likeness (QED) is 0.854. The van der Waals surface area contributed by atoms with Crippen LogP contribution in [0.25, 0.3) is 0 Å². The molecule has 0 spiro atoms. The highest BCUT2D eigenvalue weighted by molar-refractivity contribution is 5.93. The number of aliphatic carboxylic acids is 1.